The minimum atomic E-state index is -0.660. The smallest absolute Gasteiger partial charge is 0.407 e. The van der Waals surface area contributed by atoms with E-state index >= 15 is 0 Å². The maximum absolute atomic E-state index is 11.0. The summed E-state index contributed by atoms with van der Waals surface area (Å²) in [7, 11) is 1.76. The normalized spacial score (nSPS) is 12.6. The number of likely N-dealkylation sites (N-methyl/N-ethyl adjacent to an activating group) is 1. The molecule has 0 aliphatic carbocycles. The number of aliphatic hydroxyl groups is 2. The maximum atomic E-state index is 11.0. The molecular weight excluding hydrogens is 188 g/mol. The van der Waals surface area contributed by atoms with Crippen molar-refractivity contribution in [2.45, 2.75) is 19.0 Å². The third-order valence-electron chi connectivity index (χ3n) is 1.72. The molecule has 0 heterocycles. The van der Waals surface area contributed by atoms with Gasteiger partial charge >= 0.3 is 6.09 Å². The molecule has 14 heavy (non-hydrogen) atoms. The van der Waals surface area contributed by atoms with Crippen LogP contribution in [0.5, 0.6) is 0 Å². The lowest BCUT2D eigenvalue weighted by Gasteiger charge is -2.15. The van der Waals surface area contributed by atoms with Crippen LogP contribution in [-0.2, 0) is 4.74 Å². The minimum absolute atomic E-state index is 0.0717. The van der Waals surface area contributed by atoms with Gasteiger partial charge in [-0.3, -0.25) is 0 Å². The largest absolute Gasteiger partial charge is 0.448 e. The number of hydrogen-bond acceptors (Lipinski definition) is 5. The van der Waals surface area contributed by atoms with Crippen molar-refractivity contribution in [3.63, 3.8) is 0 Å². The highest BCUT2D eigenvalue weighted by atomic mass is 16.5. The highest BCUT2D eigenvalue weighted by molar-refractivity contribution is 5.67. The molecule has 0 fully saturated rings. The summed E-state index contributed by atoms with van der Waals surface area (Å²) >= 11 is 0. The number of carbonyl (C=O) groups excluding carboxylic acids is 1. The fraction of sp³-hybridized carbons (Fsp3) is 0.875. The van der Waals surface area contributed by atoms with E-state index in [0.29, 0.717) is 0 Å². The van der Waals surface area contributed by atoms with Crippen LogP contribution in [0.15, 0.2) is 0 Å². The number of rotatable bonds is 6. The van der Waals surface area contributed by atoms with E-state index in [0.717, 1.165) is 0 Å². The lowest BCUT2D eigenvalue weighted by atomic mass is 10.3. The lowest BCUT2D eigenvalue weighted by Crippen LogP contribution is -2.41. The molecule has 0 rings (SSSR count). The number of carbonyl (C=O) groups is 1. The molecule has 1 amide bonds. The quantitative estimate of drug-likeness (QED) is 0.432. The molecule has 1 atom stereocenters. The molecular formula is C8H18N2O4. The summed E-state index contributed by atoms with van der Waals surface area (Å²) in [6.45, 7) is 1.48. The van der Waals surface area contributed by atoms with Crippen LogP contribution < -0.4 is 10.6 Å². The van der Waals surface area contributed by atoms with Crippen molar-refractivity contribution in [2.75, 3.05) is 26.9 Å². The number of nitrogens with one attached hydrogen (secondary N) is 2. The van der Waals surface area contributed by atoms with Gasteiger partial charge in [0.05, 0.1) is 19.3 Å². The second kappa shape index (κ2) is 7.54. The second-order valence-electron chi connectivity index (χ2n) is 2.99. The van der Waals surface area contributed by atoms with Gasteiger partial charge in [0.15, 0.2) is 0 Å². The van der Waals surface area contributed by atoms with Crippen molar-refractivity contribution in [3.8, 4) is 0 Å². The number of hydrogen-bond donors (Lipinski definition) is 4. The van der Waals surface area contributed by atoms with Crippen molar-refractivity contribution in [1.29, 1.82) is 0 Å². The Labute approximate surface area is 83.3 Å². The van der Waals surface area contributed by atoms with Gasteiger partial charge in [-0.15, -0.1) is 0 Å². The zero-order valence-corrected chi connectivity index (χ0v) is 8.49. The van der Waals surface area contributed by atoms with E-state index in [1.165, 1.54) is 0 Å². The molecule has 84 valence electrons. The summed E-state index contributed by atoms with van der Waals surface area (Å²) in [6, 6.07) is -0.588. The van der Waals surface area contributed by atoms with Crippen molar-refractivity contribution >= 4 is 6.09 Å². The molecule has 1 unspecified atom stereocenters. The topological polar surface area (TPSA) is 90.8 Å². The Morgan fingerprint density at radius 1 is 1.43 bits per heavy atom. The highest BCUT2D eigenvalue weighted by Gasteiger charge is 2.11. The average Bonchev–Trinajstić information content (AvgIpc) is 2.22. The predicted molar refractivity (Wildman–Crippen MR) is 51.0 cm³/mol. The fourth-order valence-corrected chi connectivity index (χ4v) is 0.641. The molecule has 0 spiro atoms. The van der Waals surface area contributed by atoms with Crippen LogP contribution in [0.2, 0.25) is 0 Å². The SMILES string of the molecule is CNC(C)COC(=O)NC(CO)CO. The van der Waals surface area contributed by atoms with E-state index in [-0.39, 0.29) is 25.9 Å². The van der Waals surface area contributed by atoms with E-state index in [9.17, 15) is 4.79 Å². The monoisotopic (exact) mass is 206 g/mol. The molecule has 0 radical (unpaired) electrons. The van der Waals surface area contributed by atoms with Crippen molar-refractivity contribution in [2.24, 2.45) is 0 Å². The van der Waals surface area contributed by atoms with Crippen LogP contribution in [0.1, 0.15) is 6.92 Å². The first-order valence-electron chi connectivity index (χ1n) is 4.46. The Bertz CT molecular complexity index is 161. The first-order valence-corrected chi connectivity index (χ1v) is 4.46. The van der Waals surface area contributed by atoms with Crippen molar-refractivity contribution in [3.05, 3.63) is 0 Å². The minimum Gasteiger partial charge on any atom is -0.448 e. The van der Waals surface area contributed by atoms with Crippen LogP contribution in [-0.4, -0.2) is 55.3 Å². The van der Waals surface area contributed by atoms with Gasteiger partial charge in [0.2, 0.25) is 0 Å². The van der Waals surface area contributed by atoms with E-state index in [1.807, 2.05) is 6.92 Å². The summed E-state index contributed by atoms with van der Waals surface area (Å²) < 4.78 is 4.79. The van der Waals surface area contributed by atoms with E-state index in [2.05, 4.69) is 10.6 Å². The van der Waals surface area contributed by atoms with Gasteiger partial charge in [0, 0.05) is 6.04 Å². The zero-order chi connectivity index (χ0) is 11.0. The van der Waals surface area contributed by atoms with Gasteiger partial charge in [-0.2, -0.15) is 0 Å². The number of ether oxygens (including phenoxy) is 1. The summed E-state index contributed by atoms with van der Waals surface area (Å²) in [4.78, 5) is 11.0. The van der Waals surface area contributed by atoms with Gasteiger partial charge in [-0.25, -0.2) is 4.79 Å². The van der Waals surface area contributed by atoms with Crippen LogP contribution in [0.3, 0.4) is 0 Å². The standard InChI is InChI=1S/C8H18N2O4/c1-6(9-2)5-14-8(13)10-7(3-11)4-12/h6-7,9,11-12H,3-5H2,1-2H3,(H,10,13). The molecule has 0 saturated heterocycles. The lowest BCUT2D eigenvalue weighted by molar-refractivity contribution is 0.115. The Morgan fingerprint density at radius 2 is 2.00 bits per heavy atom. The molecule has 6 heteroatoms. The Morgan fingerprint density at radius 3 is 2.43 bits per heavy atom. The van der Waals surface area contributed by atoms with Gasteiger partial charge in [-0.05, 0) is 14.0 Å². The molecule has 0 saturated carbocycles. The van der Waals surface area contributed by atoms with E-state index in [1.54, 1.807) is 7.05 Å². The number of amides is 1. The predicted octanol–water partition coefficient (Wildman–Crippen LogP) is -1.33. The molecule has 0 aromatic carbocycles. The molecule has 0 aromatic rings. The molecule has 0 aliphatic heterocycles. The second-order valence-corrected chi connectivity index (χ2v) is 2.99. The van der Waals surface area contributed by atoms with Gasteiger partial charge in [0.1, 0.15) is 6.61 Å². The Hall–Kier alpha value is -0.850. The molecule has 0 bridgehead atoms. The summed E-state index contributed by atoms with van der Waals surface area (Å²) in [6.07, 6.45) is -0.639. The van der Waals surface area contributed by atoms with E-state index in [4.69, 9.17) is 14.9 Å². The first-order chi connectivity index (χ1) is 6.63. The molecule has 6 nitrogen and oxygen atoms in total. The fourth-order valence-electron chi connectivity index (χ4n) is 0.641. The third-order valence-corrected chi connectivity index (χ3v) is 1.72. The average molecular weight is 206 g/mol. The van der Waals surface area contributed by atoms with Gasteiger partial charge in [0.25, 0.3) is 0 Å². The van der Waals surface area contributed by atoms with Crippen molar-refractivity contribution in [1.82, 2.24) is 10.6 Å². The highest BCUT2D eigenvalue weighted by Crippen LogP contribution is 1.87. The summed E-state index contributed by atoms with van der Waals surface area (Å²) in [5, 5.41) is 22.5. The van der Waals surface area contributed by atoms with Gasteiger partial charge < -0.3 is 25.6 Å². The zero-order valence-electron chi connectivity index (χ0n) is 8.49. The van der Waals surface area contributed by atoms with Crippen molar-refractivity contribution < 1.29 is 19.7 Å². The summed E-state index contributed by atoms with van der Waals surface area (Å²) in [5.74, 6) is 0. The summed E-state index contributed by atoms with van der Waals surface area (Å²) in [5.41, 5.74) is 0. The maximum Gasteiger partial charge on any atom is 0.407 e. The Kier molecular flexibility index (Phi) is 7.09. The Balaban J connectivity index is 3.64. The van der Waals surface area contributed by atoms with E-state index < -0.39 is 12.1 Å². The van der Waals surface area contributed by atoms with Crippen LogP contribution in [0.4, 0.5) is 4.79 Å². The van der Waals surface area contributed by atoms with Crippen LogP contribution >= 0.6 is 0 Å². The molecule has 4 N–H and O–H groups in total. The number of alkyl carbamates (subject to hydrolysis) is 1. The van der Waals surface area contributed by atoms with Crippen LogP contribution in [0, 0.1) is 0 Å². The molecule has 0 aromatic heterocycles. The van der Waals surface area contributed by atoms with Gasteiger partial charge in [-0.1, -0.05) is 0 Å². The first kappa shape index (κ1) is 13.2. The number of aliphatic hydroxyl groups excluding tert-OH is 2. The van der Waals surface area contributed by atoms with Crippen LogP contribution in [0.25, 0.3) is 0 Å². The molecule has 0 aliphatic rings. The third kappa shape index (κ3) is 5.74.